The zero-order chi connectivity index (χ0) is 12.8. The van der Waals surface area contributed by atoms with E-state index in [0.717, 1.165) is 31.5 Å². The van der Waals surface area contributed by atoms with Gasteiger partial charge in [0.1, 0.15) is 0 Å². The van der Waals surface area contributed by atoms with Crippen LogP contribution >= 0.6 is 12.4 Å². The van der Waals surface area contributed by atoms with E-state index in [-0.39, 0.29) is 36.9 Å². The first kappa shape index (κ1) is 16.0. The average molecular weight is 285 g/mol. The van der Waals surface area contributed by atoms with Crippen LogP contribution in [-0.2, 0) is 4.79 Å². The number of hydrogen-bond donors (Lipinski definition) is 3. The lowest BCUT2D eigenvalue weighted by molar-refractivity contribution is -0.126. The van der Waals surface area contributed by atoms with Gasteiger partial charge in [-0.25, -0.2) is 0 Å². The minimum Gasteiger partial charge on any atom is -0.394 e. The van der Waals surface area contributed by atoms with Crippen molar-refractivity contribution in [1.29, 1.82) is 0 Å². The van der Waals surface area contributed by atoms with Crippen LogP contribution in [0.15, 0.2) is 30.3 Å². The highest BCUT2D eigenvalue weighted by Crippen LogP contribution is 2.16. The van der Waals surface area contributed by atoms with Gasteiger partial charge in [0, 0.05) is 5.92 Å². The number of hydrogen-bond acceptors (Lipinski definition) is 3. The topological polar surface area (TPSA) is 61.4 Å². The summed E-state index contributed by atoms with van der Waals surface area (Å²) < 4.78 is 0. The van der Waals surface area contributed by atoms with Gasteiger partial charge in [-0.3, -0.25) is 4.79 Å². The molecule has 1 atom stereocenters. The summed E-state index contributed by atoms with van der Waals surface area (Å²) in [5.74, 6) is 0.128. The van der Waals surface area contributed by atoms with Crippen LogP contribution in [0, 0.1) is 5.92 Å². The van der Waals surface area contributed by atoms with Crippen molar-refractivity contribution in [2.75, 3.05) is 19.7 Å². The number of carbonyl (C=O) groups is 1. The summed E-state index contributed by atoms with van der Waals surface area (Å²) in [5.41, 5.74) is 0.947. The van der Waals surface area contributed by atoms with Gasteiger partial charge in [-0.15, -0.1) is 12.4 Å². The monoisotopic (exact) mass is 284 g/mol. The summed E-state index contributed by atoms with van der Waals surface area (Å²) in [6, 6.07) is 9.29. The standard InChI is InChI=1S/C14H20N2O2.ClH/c17-10-13(11-4-2-1-3-5-11)16-14(18)12-6-8-15-9-7-12;/h1-5,12-13,15,17H,6-10H2,(H,16,18);1H/t13-;/m1./s1. The number of aliphatic hydroxyl groups is 1. The van der Waals surface area contributed by atoms with E-state index in [1.165, 1.54) is 0 Å². The highest BCUT2D eigenvalue weighted by atomic mass is 35.5. The van der Waals surface area contributed by atoms with Crippen molar-refractivity contribution < 1.29 is 9.90 Å². The minimum absolute atomic E-state index is 0. The van der Waals surface area contributed by atoms with E-state index in [2.05, 4.69) is 10.6 Å². The predicted octanol–water partition coefficient (Wildman–Crippen LogP) is 1.26. The Kier molecular flexibility index (Phi) is 6.84. The number of nitrogens with one attached hydrogen (secondary N) is 2. The summed E-state index contributed by atoms with van der Waals surface area (Å²) in [6.45, 7) is 1.72. The Morgan fingerprint density at radius 3 is 2.53 bits per heavy atom. The molecule has 1 fully saturated rings. The Morgan fingerprint density at radius 2 is 1.95 bits per heavy atom. The van der Waals surface area contributed by atoms with Gasteiger partial charge in [0.2, 0.25) is 5.91 Å². The van der Waals surface area contributed by atoms with Gasteiger partial charge in [0.15, 0.2) is 0 Å². The molecule has 19 heavy (non-hydrogen) atoms. The van der Waals surface area contributed by atoms with Gasteiger partial charge >= 0.3 is 0 Å². The number of carbonyl (C=O) groups excluding carboxylic acids is 1. The predicted molar refractivity (Wildman–Crippen MR) is 77.3 cm³/mol. The molecule has 0 aromatic heterocycles. The molecule has 1 aliphatic heterocycles. The Balaban J connectivity index is 0.00000180. The molecule has 1 saturated heterocycles. The summed E-state index contributed by atoms with van der Waals surface area (Å²) in [6.07, 6.45) is 1.75. The van der Waals surface area contributed by atoms with Crippen LogP contribution < -0.4 is 10.6 Å². The second kappa shape index (κ2) is 8.15. The Morgan fingerprint density at radius 1 is 1.32 bits per heavy atom. The minimum atomic E-state index is -0.298. The van der Waals surface area contributed by atoms with E-state index in [4.69, 9.17) is 0 Å². The van der Waals surface area contributed by atoms with Crippen LogP contribution in [0.5, 0.6) is 0 Å². The molecule has 0 spiro atoms. The van der Waals surface area contributed by atoms with E-state index < -0.39 is 0 Å². The quantitative estimate of drug-likeness (QED) is 0.780. The maximum atomic E-state index is 12.1. The average Bonchev–Trinajstić information content (AvgIpc) is 2.46. The molecule has 1 aromatic rings. The smallest absolute Gasteiger partial charge is 0.223 e. The molecule has 5 heteroatoms. The Labute approximate surface area is 120 Å². The van der Waals surface area contributed by atoms with Gasteiger partial charge in [-0.2, -0.15) is 0 Å². The molecule has 0 aliphatic carbocycles. The number of benzene rings is 1. The van der Waals surface area contributed by atoms with Crippen LogP contribution in [-0.4, -0.2) is 30.7 Å². The van der Waals surface area contributed by atoms with Crippen LogP contribution in [0.3, 0.4) is 0 Å². The largest absolute Gasteiger partial charge is 0.394 e. The molecule has 1 heterocycles. The van der Waals surface area contributed by atoms with Crippen molar-refractivity contribution in [1.82, 2.24) is 10.6 Å². The molecule has 4 nitrogen and oxygen atoms in total. The summed E-state index contributed by atoms with van der Waals surface area (Å²) in [5, 5.41) is 15.6. The highest BCUT2D eigenvalue weighted by Gasteiger charge is 2.23. The zero-order valence-electron chi connectivity index (χ0n) is 10.8. The fourth-order valence-corrected chi connectivity index (χ4v) is 2.29. The first-order chi connectivity index (χ1) is 8.81. The molecule has 1 aliphatic rings. The van der Waals surface area contributed by atoms with Crippen LogP contribution in [0.4, 0.5) is 0 Å². The number of amides is 1. The van der Waals surface area contributed by atoms with Gasteiger partial charge in [-0.05, 0) is 31.5 Å². The third kappa shape index (κ3) is 4.49. The van der Waals surface area contributed by atoms with E-state index in [1.54, 1.807) is 0 Å². The van der Waals surface area contributed by atoms with Crippen molar-refractivity contribution in [3.63, 3.8) is 0 Å². The summed E-state index contributed by atoms with van der Waals surface area (Å²) in [4.78, 5) is 12.1. The third-order valence-electron chi connectivity index (χ3n) is 3.41. The summed E-state index contributed by atoms with van der Waals surface area (Å²) in [7, 11) is 0. The van der Waals surface area contributed by atoms with Gasteiger partial charge in [0.05, 0.1) is 12.6 Å². The van der Waals surface area contributed by atoms with E-state index in [1.807, 2.05) is 30.3 Å². The van der Waals surface area contributed by atoms with Crippen molar-refractivity contribution in [2.24, 2.45) is 5.92 Å². The maximum Gasteiger partial charge on any atom is 0.223 e. The van der Waals surface area contributed by atoms with Crippen LogP contribution in [0.2, 0.25) is 0 Å². The summed E-state index contributed by atoms with van der Waals surface area (Å²) >= 11 is 0. The van der Waals surface area contributed by atoms with E-state index in [0.29, 0.717) is 0 Å². The lowest BCUT2D eigenvalue weighted by Crippen LogP contribution is -2.40. The Bertz CT molecular complexity index is 380. The van der Waals surface area contributed by atoms with Crippen LogP contribution in [0.1, 0.15) is 24.4 Å². The second-order valence-electron chi connectivity index (χ2n) is 4.68. The number of piperidine rings is 1. The molecule has 0 radical (unpaired) electrons. The van der Waals surface area contributed by atoms with Crippen molar-refractivity contribution in [3.8, 4) is 0 Å². The number of halogens is 1. The van der Waals surface area contributed by atoms with Gasteiger partial charge in [-0.1, -0.05) is 30.3 Å². The van der Waals surface area contributed by atoms with Crippen molar-refractivity contribution in [2.45, 2.75) is 18.9 Å². The highest BCUT2D eigenvalue weighted by molar-refractivity contribution is 5.85. The molecule has 1 aromatic carbocycles. The van der Waals surface area contributed by atoms with Gasteiger partial charge in [0.25, 0.3) is 0 Å². The number of rotatable bonds is 4. The molecule has 0 unspecified atom stereocenters. The fourth-order valence-electron chi connectivity index (χ4n) is 2.29. The second-order valence-corrected chi connectivity index (χ2v) is 4.68. The molecule has 2 rings (SSSR count). The molecule has 106 valence electrons. The van der Waals surface area contributed by atoms with E-state index >= 15 is 0 Å². The van der Waals surface area contributed by atoms with E-state index in [9.17, 15) is 9.90 Å². The molecule has 1 amide bonds. The van der Waals surface area contributed by atoms with Crippen molar-refractivity contribution in [3.05, 3.63) is 35.9 Å². The van der Waals surface area contributed by atoms with Crippen LogP contribution in [0.25, 0.3) is 0 Å². The zero-order valence-corrected chi connectivity index (χ0v) is 11.7. The first-order valence-electron chi connectivity index (χ1n) is 6.48. The Hall–Kier alpha value is -1.10. The molecule has 3 N–H and O–H groups in total. The maximum absolute atomic E-state index is 12.1. The first-order valence-corrected chi connectivity index (χ1v) is 6.48. The number of aliphatic hydroxyl groups excluding tert-OH is 1. The molecule has 0 saturated carbocycles. The molecule has 0 bridgehead atoms. The normalized spacial score (nSPS) is 17.3. The molecular formula is C14H21ClN2O2. The lowest BCUT2D eigenvalue weighted by atomic mass is 9.96. The fraction of sp³-hybridized carbons (Fsp3) is 0.500. The SMILES string of the molecule is Cl.O=C(N[C@H](CO)c1ccccc1)C1CCNCC1. The lowest BCUT2D eigenvalue weighted by Gasteiger charge is -2.24. The third-order valence-corrected chi connectivity index (χ3v) is 3.41. The van der Waals surface area contributed by atoms with Crippen molar-refractivity contribution >= 4 is 18.3 Å². The van der Waals surface area contributed by atoms with Gasteiger partial charge < -0.3 is 15.7 Å². The molecular weight excluding hydrogens is 264 g/mol.